The summed E-state index contributed by atoms with van der Waals surface area (Å²) in [6.45, 7) is 4.50. The number of amides is 1. The van der Waals surface area contributed by atoms with Crippen LogP contribution in [0.5, 0.6) is 5.75 Å². The van der Waals surface area contributed by atoms with Gasteiger partial charge in [0.15, 0.2) is 0 Å². The van der Waals surface area contributed by atoms with Crippen molar-refractivity contribution in [2.24, 2.45) is 0 Å². The van der Waals surface area contributed by atoms with Crippen LogP contribution in [0.15, 0.2) is 42.5 Å². The third-order valence-corrected chi connectivity index (χ3v) is 3.55. The SMILES string of the molecule is Cc1ccc(OCCCC(=O)Nc2ccc(C)cc2Cl)cc1. The number of carbonyl (C=O) groups is 1. The third-order valence-electron chi connectivity index (χ3n) is 3.24. The molecule has 0 bridgehead atoms. The van der Waals surface area contributed by atoms with E-state index in [0.29, 0.717) is 30.2 Å². The van der Waals surface area contributed by atoms with Crippen LogP contribution in [-0.2, 0) is 4.79 Å². The summed E-state index contributed by atoms with van der Waals surface area (Å²) in [6, 6.07) is 13.4. The Kier molecular flexibility index (Phi) is 5.84. The van der Waals surface area contributed by atoms with E-state index in [-0.39, 0.29) is 5.91 Å². The average Bonchev–Trinajstić information content (AvgIpc) is 2.48. The number of rotatable bonds is 6. The highest BCUT2D eigenvalue weighted by atomic mass is 35.5. The van der Waals surface area contributed by atoms with Gasteiger partial charge in [0.25, 0.3) is 0 Å². The minimum Gasteiger partial charge on any atom is -0.494 e. The van der Waals surface area contributed by atoms with Crippen LogP contribution in [0.4, 0.5) is 5.69 Å². The van der Waals surface area contributed by atoms with Crippen LogP contribution in [0.3, 0.4) is 0 Å². The fourth-order valence-electron chi connectivity index (χ4n) is 1.99. The second-order valence-electron chi connectivity index (χ2n) is 5.30. The Morgan fingerprint density at radius 2 is 1.77 bits per heavy atom. The fourth-order valence-corrected chi connectivity index (χ4v) is 2.27. The van der Waals surface area contributed by atoms with Gasteiger partial charge >= 0.3 is 0 Å². The van der Waals surface area contributed by atoms with Crippen LogP contribution in [0.1, 0.15) is 24.0 Å². The number of hydrogen-bond acceptors (Lipinski definition) is 2. The molecule has 0 saturated carbocycles. The van der Waals surface area contributed by atoms with Crippen molar-refractivity contribution in [2.45, 2.75) is 26.7 Å². The van der Waals surface area contributed by atoms with Crippen LogP contribution in [0.25, 0.3) is 0 Å². The summed E-state index contributed by atoms with van der Waals surface area (Å²) >= 11 is 6.09. The van der Waals surface area contributed by atoms with E-state index in [2.05, 4.69) is 5.32 Å². The molecule has 2 aromatic carbocycles. The van der Waals surface area contributed by atoms with Gasteiger partial charge in [-0.05, 0) is 50.1 Å². The zero-order valence-electron chi connectivity index (χ0n) is 12.9. The minimum absolute atomic E-state index is 0.0572. The molecule has 0 atom stereocenters. The van der Waals surface area contributed by atoms with Gasteiger partial charge < -0.3 is 10.1 Å². The van der Waals surface area contributed by atoms with Gasteiger partial charge in [0.2, 0.25) is 5.91 Å². The Morgan fingerprint density at radius 1 is 1.09 bits per heavy atom. The largest absolute Gasteiger partial charge is 0.494 e. The number of hydrogen-bond donors (Lipinski definition) is 1. The second-order valence-corrected chi connectivity index (χ2v) is 5.70. The lowest BCUT2D eigenvalue weighted by molar-refractivity contribution is -0.116. The number of anilines is 1. The highest BCUT2D eigenvalue weighted by Gasteiger charge is 2.06. The molecule has 1 amide bonds. The fraction of sp³-hybridized carbons (Fsp3) is 0.278. The predicted molar refractivity (Wildman–Crippen MR) is 90.7 cm³/mol. The highest BCUT2D eigenvalue weighted by molar-refractivity contribution is 6.33. The maximum Gasteiger partial charge on any atom is 0.224 e. The van der Waals surface area contributed by atoms with Gasteiger partial charge in [0.05, 0.1) is 17.3 Å². The van der Waals surface area contributed by atoms with Gasteiger partial charge in [-0.2, -0.15) is 0 Å². The van der Waals surface area contributed by atoms with Crippen LogP contribution < -0.4 is 10.1 Å². The monoisotopic (exact) mass is 317 g/mol. The van der Waals surface area contributed by atoms with E-state index in [1.165, 1.54) is 5.56 Å². The molecule has 0 aromatic heterocycles. The predicted octanol–water partition coefficient (Wildman–Crippen LogP) is 4.75. The first-order chi connectivity index (χ1) is 10.5. The first kappa shape index (κ1) is 16.4. The van der Waals surface area contributed by atoms with Crippen LogP contribution >= 0.6 is 11.6 Å². The molecule has 0 fully saturated rings. The first-order valence-corrected chi connectivity index (χ1v) is 7.68. The molecule has 0 unspecified atom stereocenters. The van der Waals surface area contributed by atoms with E-state index in [1.807, 2.05) is 56.3 Å². The maximum atomic E-state index is 11.9. The molecule has 4 heteroatoms. The molecule has 2 rings (SSSR count). The third kappa shape index (κ3) is 5.08. The van der Waals surface area contributed by atoms with Crippen molar-refractivity contribution < 1.29 is 9.53 Å². The number of halogens is 1. The lowest BCUT2D eigenvalue weighted by atomic mass is 10.2. The Bertz CT molecular complexity index is 638. The lowest BCUT2D eigenvalue weighted by Crippen LogP contribution is -2.13. The summed E-state index contributed by atoms with van der Waals surface area (Å²) in [5.74, 6) is 0.769. The van der Waals surface area contributed by atoms with E-state index in [9.17, 15) is 4.79 Å². The normalized spacial score (nSPS) is 10.3. The average molecular weight is 318 g/mol. The smallest absolute Gasteiger partial charge is 0.224 e. The Morgan fingerprint density at radius 3 is 2.45 bits per heavy atom. The number of aryl methyl sites for hydroxylation is 2. The van der Waals surface area contributed by atoms with Crippen LogP contribution in [0, 0.1) is 13.8 Å². The summed E-state index contributed by atoms with van der Waals surface area (Å²) < 4.78 is 5.59. The quantitative estimate of drug-likeness (QED) is 0.780. The van der Waals surface area contributed by atoms with Gasteiger partial charge in [0.1, 0.15) is 5.75 Å². The van der Waals surface area contributed by atoms with E-state index >= 15 is 0 Å². The van der Waals surface area contributed by atoms with E-state index in [4.69, 9.17) is 16.3 Å². The van der Waals surface area contributed by atoms with Gasteiger partial charge in [-0.3, -0.25) is 4.79 Å². The molecule has 22 heavy (non-hydrogen) atoms. The molecular weight excluding hydrogens is 298 g/mol. The summed E-state index contributed by atoms with van der Waals surface area (Å²) in [6.07, 6.45) is 1.05. The number of nitrogens with one attached hydrogen (secondary N) is 1. The molecule has 2 aromatic rings. The topological polar surface area (TPSA) is 38.3 Å². The number of benzene rings is 2. The van der Waals surface area contributed by atoms with Crippen molar-refractivity contribution in [1.82, 2.24) is 0 Å². The Balaban J connectivity index is 1.72. The molecule has 0 radical (unpaired) electrons. The molecule has 1 N–H and O–H groups in total. The summed E-state index contributed by atoms with van der Waals surface area (Å²) in [5.41, 5.74) is 2.91. The van der Waals surface area contributed by atoms with Crippen molar-refractivity contribution in [3.05, 3.63) is 58.6 Å². The van der Waals surface area contributed by atoms with Gasteiger partial charge in [-0.25, -0.2) is 0 Å². The minimum atomic E-state index is -0.0572. The maximum absolute atomic E-state index is 11.9. The molecule has 0 spiro atoms. The highest BCUT2D eigenvalue weighted by Crippen LogP contribution is 2.22. The van der Waals surface area contributed by atoms with Gasteiger partial charge in [-0.1, -0.05) is 35.4 Å². The zero-order valence-corrected chi connectivity index (χ0v) is 13.6. The summed E-state index contributed by atoms with van der Waals surface area (Å²) in [5, 5.41) is 3.38. The molecule has 3 nitrogen and oxygen atoms in total. The lowest BCUT2D eigenvalue weighted by Gasteiger charge is -2.09. The van der Waals surface area contributed by atoms with E-state index in [1.54, 1.807) is 0 Å². The van der Waals surface area contributed by atoms with Crippen molar-refractivity contribution in [1.29, 1.82) is 0 Å². The molecule has 0 heterocycles. The van der Waals surface area contributed by atoms with Crippen LogP contribution in [-0.4, -0.2) is 12.5 Å². The van der Waals surface area contributed by atoms with Crippen LogP contribution in [0.2, 0.25) is 5.02 Å². The number of carbonyl (C=O) groups excluding carboxylic acids is 1. The van der Waals surface area contributed by atoms with Gasteiger partial charge in [0, 0.05) is 6.42 Å². The molecule has 0 saturated heterocycles. The van der Waals surface area contributed by atoms with Crippen molar-refractivity contribution >= 4 is 23.2 Å². The van der Waals surface area contributed by atoms with Crippen molar-refractivity contribution in [3.8, 4) is 5.75 Å². The number of ether oxygens (including phenoxy) is 1. The molecule has 116 valence electrons. The van der Waals surface area contributed by atoms with Crippen molar-refractivity contribution in [3.63, 3.8) is 0 Å². The standard InChI is InChI=1S/C18H20ClNO2/c1-13-5-8-15(9-6-13)22-11-3-4-18(21)20-17-10-7-14(2)12-16(17)19/h5-10,12H,3-4,11H2,1-2H3,(H,20,21). The second kappa shape index (κ2) is 7.85. The summed E-state index contributed by atoms with van der Waals surface area (Å²) in [7, 11) is 0. The molecule has 0 aliphatic rings. The first-order valence-electron chi connectivity index (χ1n) is 7.30. The molecule has 0 aliphatic heterocycles. The zero-order chi connectivity index (χ0) is 15.9. The van der Waals surface area contributed by atoms with Gasteiger partial charge in [-0.15, -0.1) is 0 Å². The Hall–Kier alpha value is -2.00. The molecule has 0 aliphatic carbocycles. The summed E-state index contributed by atoms with van der Waals surface area (Å²) in [4.78, 5) is 11.9. The molecular formula is C18H20ClNO2. The van der Waals surface area contributed by atoms with Crippen molar-refractivity contribution in [2.75, 3.05) is 11.9 Å². The van der Waals surface area contributed by atoms with E-state index < -0.39 is 0 Å². The Labute approximate surface area is 136 Å². The van der Waals surface area contributed by atoms with E-state index in [0.717, 1.165) is 11.3 Å².